The van der Waals surface area contributed by atoms with Crippen LogP contribution in [0.25, 0.3) is 0 Å². The summed E-state index contributed by atoms with van der Waals surface area (Å²) in [7, 11) is -3.42. The summed E-state index contributed by atoms with van der Waals surface area (Å²) in [6.07, 6.45) is 2.15. The lowest BCUT2D eigenvalue weighted by Crippen LogP contribution is -2.38. The maximum Gasteiger partial charge on any atom is 0.236 e. The Balaban J connectivity index is 2.08. The van der Waals surface area contributed by atoms with E-state index in [1.54, 1.807) is 0 Å². The van der Waals surface area contributed by atoms with Crippen LogP contribution in [0.5, 0.6) is 0 Å². The first-order valence-corrected chi connectivity index (χ1v) is 6.96. The smallest absolute Gasteiger partial charge is 0.236 e. The van der Waals surface area contributed by atoms with Crippen molar-refractivity contribution < 1.29 is 12.8 Å². The summed E-state index contributed by atoms with van der Waals surface area (Å²) >= 11 is 0. The van der Waals surface area contributed by atoms with E-state index >= 15 is 0 Å². The number of hydrogen-bond acceptors (Lipinski definition) is 4. The summed E-state index contributed by atoms with van der Waals surface area (Å²) in [6.45, 7) is 1.39. The molecular formula is C10H14FN3O2S. The standard InChI is InChI=1S/C10H14FN3O2S/c11-8-1-2-10(13-7-8)14-17(15,16)9-3-5-12-6-4-9/h1-2,7,9,12H,3-6H2,(H,13,14). The quantitative estimate of drug-likeness (QED) is 0.839. The van der Waals surface area contributed by atoms with Gasteiger partial charge in [0.1, 0.15) is 11.6 Å². The fourth-order valence-electron chi connectivity index (χ4n) is 1.77. The topological polar surface area (TPSA) is 71.1 Å². The summed E-state index contributed by atoms with van der Waals surface area (Å²) < 4.78 is 38.9. The Hall–Kier alpha value is -1.21. The lowest BCUT2D eigenvalue weighted by atomic mass is 10.2. The Labute approximate surface area is 99.5 Å². The summed E-state index contributed by atoms with van der Waals surface area (Å²) in [6, 6.07) is 2.49. The second-order valence-electron chi connectivity index (χ2n) is 3.96. The van der Waals surface area contributed by atoms with Gasteiger partial charge in [-0.15, -0.1) is 0 Å². The van der Waals surface area contributed by atoms with Gasteiger partial charge in [-0.05, 0) is 38.1 Å². The molecule has 2 N–H and O–H groups in total. The molecule has 5 nitrogen and oxygen atoms in total. The van der Waals surface area contributed by atoms with Crippen LogP contribution in [0, 0.1) is 5.82 Å². The minimum Gasteiger partial charge on any atom is -0.317 e. The first-order chi connectivity index (χ1) is 8.08. The molecule has 7 heteroatoms. The molecule has 1 aliphatic rings. The van der Waals surface area contributed by atoms with Crippen molar-refractivity contribution in [1.29, 1.82) is 0 Å². The molecular weight excluding hydrogens is 245 g/mol. The van der Waals surface area contributed by atoms with Gasteiger partial charge in [0.05, 0.1) is 11.4 Å². The largest absolute Gasteiger partial charge is 0.317 e. The zero-order valence-electron chi connectivity index (χ0n) is 9.19. The minimum absolute atomic E-state index is 0.157. The van der Waals surface area contributed by atoms with Crippen LogP contribution in [-0.4, -0.2) is 31.7 Å². The lowest BCUT2D eigenvalue weighted by molar-refractivity contribution is 0.499. The first kappa shape index (κ1) is 12.3. The highest BCUT2D eigenvalue weighted by Crippen LogP contribution is 2.16. The molecule has 0 unspecified atom stereocenters. The van der Waals surface area contributed by atoms with Gasteiger partial charge in [0.2, 0.25) is 10.0 Å². The number of hydrogen-bond donors (Lipinski definition) is 2. The van der Waals surface area contributed by atoms with Crippen LogP contribution in [0.2, 0.25) is 0 Å². The summed E-state index contributed by atoms with van der Waals surface area (Å²) in [4.78, 5) is 3.68. The molecule has 0 spiro atoms. The molecule has 0 radical (unpaired) electrons. The first-order valence-electron chi connectivity index (χ1n) is 5.42. The monoisotopic (exact) mass is 259 g/mol. The van der Waals surface area contributed by atoms with Crippen molar-refractivity contribution in [3.63, 3.8) is 0 Å². The van der Waals surface area contributed by atoms with E-state index < -0.39 is 21.1 Å². The number of halogens is 1. The van der Waals surface area contributed by atoms with Gasteiger partial charge in [0, 0.05) is 0 Å². The second kappa shape index (κ2) is 4.97. The van der Waals surface area contributed by atoms with Crippen molar-refractivity contribution in [3.8, 4) is 0 Å². The number of rotatable bonds is 3. The normalized spacial score (nSPS) is 17.9. The minimum atomic E-state index is -3.42. The van der Waals surface area contributed by atoms with Crippen LogP contribution in [-0.2, 0) is 10.0 Å². The van der Waals surface area contributed by atoms with Crippen LogP contribution >= 0.6 is 0 Å². The molecule has 0 saturated carbocycles. The zero-order valence-corrected chi connectivity index (χ0v) is 10.0. The third-order valence-electron chi connectivity index (χ3n) is 2.70. The summed E-state index contributed by atoms with van der Waals surface area (Å²) in [5.41, 5.74) is 0. The predicted molar refractivity (Wildman–Crippen MR) is 62.6 cm³/mol. The molecule has 0 aliphatic carbocycles. The molecule has 0 bridgehead atoms. The highest BCUT2D eigenvalue weighted by Gasteiger charge is 2.27. The predicted octanol–water partition coefficient (Wildman–Crippen LogP) is 0.714. The molecule has 1 aromatic rings. The summed E-state index contributed by atoms with van der Waals surface area (Å²) in [5.74, 6) is -0.334. The molecule has 0 atom stereocenters. The van der Waals surface area contributed by atoms with Crippen LogP contribution in [0.1, 0.15) is 12.8 Å². The molecule has 94 valence electrons. The van der Waals surface area contributed by atoms with E-state index in [1.165, 1.54) is 12.1 Å². The highest BCUT2D eigenvalue weighted by atomic mass is 32.2. The van der Waals surface area contributed by atoms with Crippen molar-refractivity contribution in [2.75, 3.05) is 17.8 Å². The van der Waals surface area contributed by atoms with Gasteiger partial charge in [-0.1, -0.05) is 0 Å². The van der Waals surface area contributed by atoms with Gasteiger partial charge in [-0.3, -0.25) is 4.72 Å². The van der Waals surface area contributed by atoms with Crippen molar-refractivity contribution in [2.24, 2.45) is 0 Å². The fourth-order valence-corrected chi connectivity index (χ4v) is 3.21. The fraction of sp³-hybridized carbons (Fsp3) is 0.500. The van der Waals surface area contributed by atoms with E-state index in [2.05, 4.69) is 15.0 Å². The van der Waals surface area contributed by atoms with Gasteiger partial charge < -0.3 is 5.32 Å². The third-order valence-corrected chi connectivity index (χ3v) is 4.54. The number of aromatic nitrogens is 1. The van der Waals surface area contributed by atoms with Gasteiger partial charge in [0.25, 0.3) is 0 Å². The van der Waals surface area contributed by atoms with E-state index in [9.17, 15) is 12.8 Å². The Kier molecular flexibility index (Phi) is 3.58. The lowest BCUT2D eigenvalue weighted by Gasteiger charge is -2.22. The third kappa shape index (κ3) is 3.13. The van der Waals surface area contributed by atoms with Gasteiger partial charge in [0.15, 0.2) is 0 Å². The molecule has 17 heavy (non-hydrogen) atoms. The van der Waals surface area contributed by atoms with Crippen LogP contribution in [0.3, 0.4) is 0 Å². The van der Waals surface area contributed by atoms with Crippen LogP contribution in [0.15, 0.2) is 18.3 Å². The van der Waals surface area contributed by atoms with Gasteiger partial charge in [-0.25, -0.2) is 17.8 Å². The average Bonchev–Trinajstić information content (AvgIpc) is 2.33. The maximum absolute atomic E-state index is 12.6. The van der Waals surface area contributed by atoms with Crippen LogP contribution in [0.4, 0.5) is 10.2 Å². The molecule has 1 fully saturated rings. The Bertz CT molecular complexity index is 469. The van der Waals surface area contributed by atoms with Crippen molar-refractivity contribution in [3.05, 3.63) is 24.1 Å². The molecule has 1 aromatic heterocycles. The van der Waals surface area contributed by atoms with Crippen molar-refractivity contribution >= 4 is 15.8 Å². The van der Waals surface area contributed by atoms with Gasteiger partial charge in [-0.2, -0.15) is 0 Å². The number of nitrogens with one attached hydrogen (secondary N) is 2. The average molecular weight is 259 g/mol. The number of sulfonamides is 1. The van der Waals surface area contributed by atoms with Crippen molar-refractivity contribution in [1.82, 2.24) is 10.3 Å². The van der Waals surface area contributed by atoms with E-state index in [4.69, 9.17) is 0 Å². The van der Waals surface area contributed by atoms with E-state index in [1.807, 2.05) is 0 Å². The molecule has 2 rings (SSSR count). The Morgan fingerprint density at radius 3 is 2.65 bits per heavy atom. The maximum atomic E-state index is 12.6. The molecule has 0 amide bonds. The molecule has 2 heterocycles. The zero-order chi connectivity index (χ0) is 12.3. The van der Waals surface area contributed by atoms with E-state index in [0.717, 1.165) is 6.20 Å². The van der Waals surface area contributed by atoms with E-state index in [-0.39, 0.29) is 5.82 Å². The van der Waals surface area contributed by atoms with E-state index in [0.29, 0.717) is 25.9 Å². The van der Waals surface area contributed by atoms with Crippen molar-refractivity contribution in [2.45, 2.75) is 18.1 Å². The Morgan fingerprint density at radius 1 is 1.35 bits per heavy atom. The number of pyridine rings is 1. The Morgan fingerprint density at radius 2 is 2.06 bits per heavy atom. The SMILES string of the molecule is O=S(=O)(Nc1ccc(F)cn1)C1CCNCC1. The van der Waals surface area contributed by atoms with Crippen LogP contribution < -0.4 is 10.0 Å². The number of piperidine rings is 1. The molecule has 1 aliphatic heterocycles. The number of nitrogens with zero attached hydrogens (tertiary/aromatic N) is 1. The molecule has 1 saturated heterocycles. The second-order valence-corrected chi connectivity index (χ2v) is 5.92. The highest BCUT2D eigenvalue weighted by molar-refractivity contribution is 7.93. The summed E-state index contributed by atoms with van der Waals surface area (Å²) in [5, 5.41) is 2.69. The number of anilines is 1. The molecule has 0 aromatic carbocycles. The van der Waals surface area contributed by atoms with Gasteiger partial charge >= 0.3 is 0 Å².